The number of nitrogens with one attached hydrogen (secondary N) is 1. The summed E-state index contributed by atoms with van der Waals surface area (Å²) in [6, 6.07) is 6.93. The second kappa shape index (κ2) is 5.13. The number of hydrogen-bond acceptors (Lipinski definition) is 2. The Hall–Kier alpha value is -1.92. The topological polar surface area (TPSA) is 29.9 Å². The molecule has 0 saturated carbocycles. The summed E-state index contributed by atoms with van der Waals surface area (Å²) >= 11 is 11.2. The smallest absolute Gasteiger partial charge is 0.182 e. The summed E-state index contributed by atoms with van der Waals surface area (Å²) < 4.78 is 34.3. The van der Waals surface area contributed by atoms with Crippen molar-refractivity contribution in [3.05, 3.63) is 51.8 Å². The molecule has 0 fully saturated rings. The zero-order valence-electron chi connectivity index (χ0n) is 10.8. The van der Waals surface area contributed by atoms with E-state index in [1.165, 1.54) is 17.7 Å². The fourth-order valence-electron chi connectivity index (χ4n) is 2.21. The van der Waals surface area contributed by atoms with E-state index in [4.69, 9.17) is 28.6 Å². The van der Waals surface area contributed by atoms with E-state index in [9.17, 15) is 8.78 Å². The van der Waals surface area contributed by atoms with Gasteiger partial charge in [0, 0.05) is 17.2 Å². The molecule has 0 aliphatic carbocycles. The number of methoxy groups -OCH3 is 1. The third-order valence-electron chi connectivity index (χ3n) is 3.09. The van der Waals surface area contributed by atoms with Crippen LogP contribution in [0.1, 0.15) is 0 Å². The fourth-order valence-corrected chi connectivity index (χ4v) is 2.67. The van der Waals surface area contributed by atoms with Gasteiger partial charge in [-0.3, -0.25) is 4.57 Å². The molecule has 1 N–H and O–H groups in total. The zero-order chi connectivity index (χ0) is 15.1. The van der Waals surface area contributed by atoms with Gasteiger partial charge in [0.1, 0.15) is 17.1 Å². The van der Waals surface area contributed by atoms with Crippen molar-refractivity contribution in [1.82, 2.24) is 9.55 Å². The first-order valence-corrected chi connectivity index (χ1v) is 6.73. The largest absolute Gasteiger partial charge is 0.495 e. The van der Waals surface area contributed by atoms with Crippen LogP contribution in [0.25, 0.3) is 16.7 Å². The van der Waals surface area contributed by atoms with E-state index in [0.717, 1.165) is 6.07 Å². The molecule has 0 spiro atoms. The molecule has 1 heterocycles. The van der Waals surface area contributed by atoms with Crippen LogP contribution in [0.3, 0.4) is 0 Å². The summed E-state index contributed by atoms with van der Waals surface area (Å²) in [5.74, 6) is -0.916. The number of halogens is 3. The molecule has 3 aromatic rings. The molecule has 0 bridgehead atoms. The van der Waals surface area contributed by atoms with Crippen LogP contribution >= 0.6 is 23.8 Å². The SMILES string of the molecule is COc1ccc(Cl)cc1-n1c(=S)[nH]c2c(F)cc(F)cc21. The number of aromatic amines is 1. The molecule has 0 atom stereocenters. The summed E-state index contributed by atoms with van der Waals surface area (Å²) in [6.07, 6.45) is 0. The molecular formula is C14H9ClF2N2OS. The van der Waals surface area contributed by atoms with E-state index in [0.29, 0.717) is 16.5 Å². The van der Waals surface area contributed by atoms with Gasteiger partial charge in [0.15, 0.2) is 10.6 Å². The maximum Gasteiger partial charge on any atom is 0.182 e. The zero-order valence-corrected chi connectivity index (χ0v) is 12.4. The Kier molecular flexibility index (Phi) is 3.43. The Labute approximate surface area is 128 Å². The Morgan fingerprint density at radius 2 is 2.00 bits per heavy atom. The molecule has 0 aliphatic heterocycles. The van der Waals surface area contributed by atoms with Crippen molar-refractivity contribution in [3.63, 3.8) is 0 Å². The molecular weight excluding hydrogens is 318 g/mol. The highest BCUT2D eigenvalue weighted by molar-refractivity contribution is 7.71. The van der Waals surface area contributed by atoms with Gasteiger partial charge in [0.05, 0.1) is 18.3 Å². The van der Waals surface area contributed by atoms with Gasteiger partial charge in [-0.25, -0.2) is 8.78 Å². The van der Waals surface area contributed by atoms with Gasteiger partial charge in [-0.1, -0.05) is 11.6 Å². The van der Waals surface area contributed by atoms with Crippen LogP contribution in [0.5, 0.6) is 5.75 Å². The molecule has 0 aliphatic rings. The number of imidazole rings is 1. The van der Waals surface area contributed by atoms with Crippen LogP contribution < -0.4 is 4.74 Å². The normalized spacial score (nSPS) is 11.0. The minimum atomic E-state index is -0.712. The lowest BCUT2D eigenvalue weighted by atomic mass is 10.2. The minimum absolute atomic E-state index is 0.128. The van der Waals surface area contributed by atoms with Gasteiger partial charge in [-0.05, 0) is 30.4 Å². The maximum atomic E-state index is 13.8. The first-order valence-electron chi connectivity index (χ1n) is 5.95. The summed E-state index contributed by atoms with van der Waals surface area (Å²) in [6.45, 7) is 0. The summed E-state index contributed by atoms with van der Waals surface area (Å²) in [7, 11) is 1.49. The van der Waals surface area contributed by atoms with E-state index in [1.807, 2.05) is 0 Å². The second-order valence-corrected chi connectivity index (χ2v) is 5.19. The number of benzene rings is 2. The molecule has 3 nitrogen and oxygen atoms in total. The van der Waals surface area contributed by atoms with Gasteiger partial charge >= 0.3 is 0 Å². The van der Waals surface area contributed by atoms with E-state index in [1.54, 1.807) is 18.2 Å². The molecule has 108 valence electrons. The lowest BCUT2D eigenvalue weighted by Gasteiger charge is -2.11. The third kappa shape index (κ3) is 2.30. The van der Waals surface area contributed by atoms with Crippen LogP contribution in [0, 0.1) is 16.4 Å². The van der Waals surface area contributed by atoms with E-state index >= 15 is 0 Å². The van der Waals surface area contributed by atoms with Crippen molar-refractivity contribution in [2.24, 2.45) is 0 Å². The number of aromatic nitrogens is 2. The van der Waals surface area contributed by atoms with Crippen molar-refractivity contribution in [1.29, 1.82) is 0 Å². The predicted molar refractivity (Wildman–Crippen MR) is 79.9 cm³/mol. The second-order valence-electron chi connectivity index (χ2n) is 4.36. The Bertz CT molecular complexity index is 904. The molecule has 0 amide bonds. The fraction of sp³-hybridized carbons (Fsp3) is 0.0714. The molecule has 0 saturated heterocycles. The number of rotatable bonds is 2. The monoisotopic (exact) mass is 326 g/mol. The Morgan fingerprint density at radius 1 is 1.24 bits per heavy atom. The number of nitrogens with zero attached hydrogens (tertiary/aromatic N) is 1. The average molecular weight is 327 g/mol. The Morgan fingerprint density at radius 3 is 2.71 bits per heavy atom. The van der Waals surface area contributed by atoms with Crippen LogP contribution in [0.15, 0.2) is 30.3 Å². The lowest BCUT2D eigenvalue weighted by Crippen LogP contribution is -1.98. The first kappa shape index (κ1) is 14.0. The Balaban J connectivity index is 2.43. The van der Waals surface area contributed by atoms with Gasteiger partial charge in [-0.2, -0.15) is 0 Å². The van der Waals surface area contributed by atoms with Crippen molar-refractivity contribution in [2.45, 2.75) is 0 Å². The van der Waals surface area contributed by atoms with Crippen LogP contribution in [0.2, 0.25) is 5.02 Å². The molecule has 0 radical (unpaired) electrons. The van der Waals surface area contributed by atoms with Crippen LogP contribution in [-0.4, -0.2) is 16.7 Å². The van der Waals surface area contributed by atoms with Crippen molar-refractivity contribution < 1.29 is 13.5 Å². The lowest BCUT2D eigenvalue weighted by molar-refractivity contribution is 0.413. The van der Waals surface area contributed by atoms with Crippen molar-refractivity contribution in [3.8, 4) is 11.4 Å². The van der Waals surface area contributed by atoms with Crippen molar-refractivity contribution >= 4 is 34.9 Å². The molecule has 21 heavy (non-hydrogen) atoms. The van der Waals surface area contributed by atoms with Gasteiger partial charge in [-0.15, -0.1) is 0 Å². The standard InChI is InChI=1S/C14H9ClF2N2OS/c1-20-12-3-2-7(15)4-10(12)19-11-6-8(16)5-9(17)13(11)18-14(19)21/h2-6H,1H3,(H,18,21). The van der Waals surface area contributed by atoms with Crippen LogP contribution in [-0.2, 0) is 0 Å². The number of hydrogen-bond donors (Lipinski definition) is 1. The first-order chi connectivity index (χ1) is 10.0. The van der Waals surface area contributed by atoms with E-state index in [-0.39, 0.29) is 15.8 Å². The summed E-state index contributed by atoms with van der Waals surface area (Å²) in [4.78, 5) is 2.73. The predicted octanol–water partition coefficient (Wildman–Crippen LogP) is 4.63. The summed E-state index contributed by atoms with van der Waals surface area (Å²) in [5, 5.41) is 0.457. The molecule has 1 aromatic heterocycles. The maximum absolute atomic E-state index is 13.8. The van der Waals surface area contributed by atoms with E-state index in [2.05, 4.69) is 4.98 Å². The highest BCUT2D eigenvalue weighted by Gasteiger charge is 2.15. The average Bonchev–Trinajstić information content (AvgIpc) is 2.75. The highest BCUT2D eigenvalue weighted by atomic mass is 35.5. The summed E-state index contributed by atoms with van der Waals surface area (Å²) in [5.41, 5.74) is 0.910. The van der Waals surface area contributed by atoms with Crippen molar-refractivity contribution in [2.75, 3.05) is 7.11 Å². The highest BCUT2D eigenvalue weighted by Crippen LogP contribution is 2.30. The molecule has 2 aromatic carbocycles. The number of ether oxygens (including phenoxy) is 1. The molecule has 0 unspecified atom stereocenters. The van der Waals surface area contributed by atoms with Crippen LogP contribution in [0.4, 0.5) is 8.78 Å². The number of fused-ring (bicyclic) bond motifs is 1. The number of H-pyrrole nitrogens is 1. The van der Waals surface area contributed by atoms with Gasteiger partial charge < -0.3 is 9.72 Å². The van der Waals surface area contributed by atoms with E-state index < -0.39 is 11.6 Å². The van der Waals surface area contributed by atoms with Gasteiger partial charge in [0.25, 0.3) is 0 Å². The molecule has 3 rings (SSSR count). The minimum Gasteiger partial charge on any atom is -0.495 e. The quantitative estimate of drug-likeness (QED) is 0.696. The molecule has 7 heteroatoms. The third-order valence-corrected chi connectivity index (χ3v) is 3.61. The van der Waals surface area contributed by atoms with Gasteiger partial charge in [0.2, 0.25) is 0 Å².